The lowest BCUT2D eigenvalue weighted by Gasteiger charge is -2.12. The van der Waals surface area contributed by atoms with Crippen LogP contribution >= 0.6 is 0 Å². The summed E-state index contributed by atoms with van der Waals surface area (Å²) in [5.41, 5.74) is 0.283. The van der Waals surface area contributed by atoms with Crippen LogP contribution in [0.25, 0.3) is 10.9 Å². The highest BCUT2D eigenvalue weighted by atomic mass is 32.2. The number of aromatic nitrogens is 2. The fraction of sp³-hybridized carbons (Fsp3) is 0.357. The molecule has 0 saturated carbocycles. The minimum absolute atomic E-state index is 0.0381. The van der Waals surface area contributed by atoms with Crippen LogP contribution in [0.2, 0.25) is 0 Å². The monoisotopic (exact) mass is 321 g/mol. The van der Waals surface area contributed by atoms with Crippen LogP contribution in [0.5, 0.6) is 0 Å². The van der Waals surface area contributed by atoms with E-state index in [-0.39, 0.29) is 35.6 Å². The molecule has 1 aliphatic heterocycles. The zero-order chi connectivity index (χ0) is 15.7. The molecule has 1 fully saturated rings. The van der Waals surface area contributed by atoms with Gasteiger partial charge < -0.3 is 5.32 Å². The Labute approximate surface area is 126 Å². The van der Waals surface area contributed by atoms with Gasteiger partial charge in [0.05, 0.1) is 28.7 Å². The van der Waals surface area contributed by atoms with Crippen LogP contribution in [0.3, 0.4) is 0 Å². The molecule has 22 heavy (non-hydrogen) atoms. The van der Waals surface area contributed by atoms with Crippen LogP contribution in [-0.2, 0) is 21.2 Å². The van der Waals surface area contributed by atoms with Crippen molar-refractivity contribution in [3.8, 4) is 0 Å². The van der Waals surface area contributed by atoms with Crippen LogP contribution < -0.4 is 10.9 Å². The molecule has 0 aliphatic carbocycles. The number of rotatable bonds is 3. The second-order valence-electron chi connectivity index (χ2n) is 5.36. The molecule has 0 radical (unpaired) electrons. The van der Waals surface area contributed by atoms with Crippen LogP contribution in [0.4, 0.5) is 0 Å². The van der Waals surface area contributed by atoms with Crippen LogP contribution in [0.15, 0.2) is 35.4 Å². The zero-order valence-corrected chi connectivity index (χ0v) is 12.5. The number of hydrogen-bond acceptors (Lipinski definition) is 5. The lowest BCUT2D eigenvalue weighted by molar-refractivity contribution is -0.122. The van der Waals surface area contributed by atoms with Crippen molar-refractivity contribution in [2.24, 2.45) is 0 Å². The quantitative estimate of drug-likeness (QED) is 0.837. The Kier molecular flexibility index (Phi) is 3.69. The van der Waals surface area contributed by atoms with Gasteiger partial charge in [-0.15, -0.1) is 0 Å². The summed E-state index contributed by atoms with van der Waals surface area (Å²) < 4.78 is 24.0. The molecule has 0 unspecified atom stereocenters. The van der Waals surface area contributed by atoms with Gasteiger partial charge in [0.25, 0.3) is 5.56 Å². The molecule has 1 aromatic heterocycles. The Morgan fingerprint density at radius 3 is 2.86 bits per heavy atom. The summed E-state index contributed by atoms with van der Waals surface area (Å²) in [5, 5.41) is 3.10. The molecule has 3 rings (SSSR count). The standard InChI is InChI=1S/C14H15N3O4S/c18-13(16-10-5-6-22(20,21)8-10)7-17-9-15-12-4-2-1-3-11(12)14(17)19/h1-4,9-10H,5-8H2,(H,16,18)/t10-/m1/s1. The third-order valence-electron chi connectivity index (χ3n) is 3.64. The Morgan fingerprint density at radius 1 is 1.36 bits per heavy atom. The van der Waals surface area contributed by atoms with E-state index in [4.69, 9.17) is 0 Å². The minimum Gasteiger partial charge on any atom is -0.351 e. The number of carbonyl (C=O) groups is 1. The SMILES string of the molecule is O=C(Cn1cnc2ccccc2c1=O)N[C@@H]1CCS(=O)(=O)C1. The molecule has 1 N–H and O–H groups in total. The smallest absolute Gasteiger partial charge is 0.261 e. The van der Waals surface area contributed by atoms with Gasteiger partial charge in [0.2, 0.25) is 5.91 Å². The van der Waals surface area contributed by atoms with Gasteiger partial charge >= 0.3 is 0 Å². The normalized spacial score (nSPS) is 20.1. The van der Waals surface area contributed by atoms with Crippen molar-refractivity contribution >= 4 is 26.6 Å². The van der Waals surface area contributed by atoms with Gasteiger partial charge in [-0.25, -0.2) is 13.4 Å². The summed E-state index contributed by atoms with van der Waals surface area (Å²) in [5.74, 6) is -0.333. The Balaban J connectivity index is 1.75. The molecule has 1 saturated heterocycles. The number of fused-ring (bicyclic) bond motifs is 1. The summed E-state index contributed by atoms with van der Waals surface area (Å²) in [6, 6.07) is 6.53. The maximum absolute atomic E-state index is 12.3. The average Bonchev–Trinajstić information content (AvgIpc) is 2.81. The van der Waals surface area contributed by atoms with Crippen LogP contribution in [0, 0.1) is 0 Å². The van der Waals surface area contributed by atoms with Gasteiger partial charge in [-0.05, 0) is 18.6 Å². The predicted octanol–water partition coefficient (Wildman–Crippen LogP) is -0.300. The summed E-state index contributed by atoms with van der Waals surface area (Å²) in [4.78, 5) is 28.4. The van der Waals surface area contributed by atoms with E-state index in [1.165, 1.54) is 10.9 Å². The van der Waals surface area contributed by atoms with Crippen molar-refractivity contribution in [2.45, 2.75) is 19.0 Å². The highest BCUT2D eigenvalue weighted by Gasteiger charge is 2.28. The molecule has 0 bridgehead atoms. The molecule has 116 valence electrons. The van der Waals surface area contributed by atoms with E-state index in [1.54, 1.807) is 24.3 Å². The van der Waals surface area contributed by atoms with Crippen molar-refractivity contribution in [2.75, 3.05) is 11.5 Å². The molecule has 8 heteroatoms. The fourth-order valence-corrected chi connectivity index (χ4v) is 4.23. The van der Waals surface area contributed by atoms with Crippen molar-refractivity contribution in [3.05, 3.63) is 40.9 Å². The number of nitrogens with one attached hydrogen (secondary N) is 1. The maximum Gasteiger partial charge on any atom is 0.261 e. The predicted molar refractivity (Wildman–Crippen MR) is 81.2 cm³/mol. The van der Waals surface area contributed by atoms with Gasteiger partial charge in [0, 0.05) is 6.04 Å². The number of nitrogens with zero attached hydrogens (tertiary/aromatic N) is 2. The van der Waals surface area contributed by atoms with E-state index in [9.17, 15) is 18.0 Å². The van der Waals surface area contributed by atoms with E-state index in [2.05, 4.69) is 10.3 Å². The topological polar surface area (TPSA) is 98.1 Å². The Bertz CT molecular complexity index is 888. The number of benzene rings is 1. The number of carbonyl (C=O) groups excluding carboxylic acids is 1. The van der Waals surface area contributed by atoms with Crippen molar-refractivity contribution in [3.63, 3.8) is 0 Å². The summed E-state index contributed by atoms with van der Waals surface area (Å²) in [6.07, 6.45) is 1.74. The van der Waals surface area contributed by atoms with Gasteiger partial charge in [-0.1, -0.05) is 12.1 Å². The summed E-state index contributed by atoms with van der Waals surface area (Å²) in [6.45, 7) is -0.173. The first kappa shape index (κ1) is 14.7. The zero-order valence-electron chi connectivity index (χ0n) is 11.7. The Morgan fingerprint density at radius 2 is 2.14 bits per heavy atom. The molecule has 7 nitrogen and oxygen atoms in total. The van der Waals surface area contributed by atoms with Crippen LogP contribution in [0.1, 0.15) is 6.42 Å². The number of hydrogen-bond donors (Lipinski definition) is 1. The second-order valence-corrected chi connectivity index (χ2v) is 7.59. The van der Waals surface area contributed by atoms with Gasteiger partial charge in [0.15, 0.2) is 9.84 Å². The molecule has 0 spiro atoms. The highest BCUT2D eigenvalue weighted by molar-refractivity contribution is 7.91. The maximum atomic E-state index is 12.3. The van der Waals surface area contributed by atoms with E-state index in [0.29, 0.717) is 17.3 Å². The third-order valence-corrected chi connectivity index (χ3v) is 5.41. The van der Waals surface area contributed by atoms with E-state index >= 15 is 0 Å². The summed E-state index contributed by atoms with van der Waals surface area (Å²) >= 11 is 0. The van der Waals surface area contributed by atoms with Crippen molar-refractivity contribution in [1.29, 1.82) is 0 Å². The van der Waals surface area contributed by atoms with E-state index < -0.39 is 9.84 Å². The molecule has 2 heterocycles. The lowest BCUT2D eigenvalue weighted by atomic mass is 10.2. The van der Waals surface area contributed by atoms with Crippen molar-refractivity contribution in [1.82, 2.24) is 14.9 Å². The molecule has 2 aromatic rings. The molecular formula is C14H15N3O4S. The second kappa shape index (κ2) is 5.53. The minimum atomic E-state index is -3.05. The molecule has 1 aromatic carbocycles. The largest absolute Gasteiger partial charge is 0.351 e. The third kappa shape index (κ3) is 3.01. The van der Waals surface area contributed by atoms with E-state index in [1.807, 2.05) is 0 Å². The number of sulfone groups is 1. The first-order valence-corrected chi connectivity index (χ1v) is 8.71. The highest BCUT2D eigenvalue weighted by Crippen LogP contribution is 2.11. The van der Waals surface area contributed by atoms with Gasteiger partial charge in [0.1, 0.15) is 6.54 Å². The molecule has 1 amide bonds. The molecule has 1 aliphatic rings. The summed E-state index contributed by atoms with van der Waals surface area (Å²) in [7, 11) is -3.05. The lowest BCUT2D eigenvalue weighted by Crippen LogP contribution is -2.39. The fourth-order valence-electron chi connectivity index (χ4n) is 2.56. The number of para-hydroxylation sites is 1. The number of amides is 1. The molecule has 1 atom stereocenters. The van der Waals surface area contributed by atoms with Crippen molar-refractivity contribution < 1.29 is 13.2 Å². The van der Waals surface area contributed by atoms with E-state index in [0.717, 1.165) is 0 Å². The molecular weight excluding hydrogens is 306 g/mol. The van der Waals surface area contributed by atoms with Crippen LogP contribution in [-0.4, -0.2) is 41.4 Å². The van der Waals surface area contributed by atoms with Gasteiger partial charge in [-0.2, -0.15) is 0 Å². The first-order chi connectivity index (χ1) is 10.4. The Hall–Kier alpha value is -2.22. The van der Waals surface area contributed by atoms with Gasteiger partial charge in [-0.3, -0.25) is 14.2 Å². The average molecular weight is 321 g/mol. The first-order valence-electron chi connectivity index (χ1n) is 6.88.